The van der Waals surface area contributed by atoms with E-state index in [1.807, 2.05) is 18.2 Å². The Morgan fingerprint density at radius 3 is 2.54 bits per heavy atom. The molecule has 1 N–H and O–H groups in total. The fraction of sp³-hybridized carbons (Fsp3) is 0.316. The lowest BCUT2D eigenvalue weighted by atomic mass is 10.2. The van der Waals surface area contributed by atoms with Crippen molar-refractivity contribution in [3.05, 3.63) is 65.2 Å². The summed E-state index contributed by atoms with van der Waals surface area (Å²) in [5, 5.41) is 3.51. The molecule has 0 atom stereocenters. The van der Waals surface area contributed by atoms with Crippen LogP contribution in [0.3, 0.4) is 0 Å². The van der Waals surface area contributed by atoms with Crippen LogP contribution in [-0.2, 0) is 11.3 Å². The van der Waals surface area contributed by atoms with Crippen molar-refractivity contribution in [1.29, 1.82) is 0 Å². The Kier molecular flexibility index (Phi) is 7.59. The van der Waals surface area contributed by atoms with Gasteiger partial charge in [-0.2, -0.15) is 0 Å². The molecule has 1 amide bonds. The molecule has 0 radical (unpaired) electrons. The second-order valence-corrected chi connectivity index (χ2v) is 6.11. The van der Waals surface area contributed by atoms with Crippen LogP contribution < -0.4 is 10.1 Å². The van der Waals surface area contributed by atoms with Crippen molar-refractivity contribution in [2.24, 2.45) is 0 Å². The van der Waals surface area contributed by atoms with Crippen LogP contribution in [0, 0.1) is 0 Å². The van der Waals surface area contributed by atoms with Crippen molar-refractivity contribution in [2.45, 2.75) is 13.0 Å². The first-order valence-electron chi connectivity index (χ1n) is 8.01. The minimum atomic E-state index is -0.115. The van der Waals surface area contributed by atoms with E-state index < -0.39 is 0 Å². The normalized spacial score (nSPS) is 10.6. The third-order valence-corrected chi connectivity index (χ3v) is 3.77. The third kappa shape index (κ3) is 7.02. The number of amides is 1. The van der Waals surface area contributed by atoms with Gasteiger partial charge in [-0.05, 0) is 49.8 Å². The van der Waals surface area contributed by atoms with E-state index in [0.29, 0.717) is 17.3 Å². The molecule has 2 aromatic carbocycles. The van der Waals surface area contributed by atoms with Gasteiger partial charge in [0.2, 0.25) is 0 Å². The molecular formula is C19H23ClN2O2. The van der Waals surface area contributed by atoms with E-state index in [9.17, 15) is 4.79 Å². The number of hydrogen-bond acceptors (Lipinski definition) is 3. The lowest BCUT2D eigenvalue weighted by molar-refractivity contribution is -0.123. The highest BCUT2D eigenvalue weighted by Gasteiger charge is 2.04. The second-order valence-electron chi connectivity index (χ2n) is 5.67. The number of carbonyl (C=O) groups is 1. The summed E-state index contributed by atoms with van der Waals surface area (Å²) in [4.78, 5) is 14.0. The average Bonchev–Trinajstić information content (AvgIpc) is 2.59. The summed E-state index contributed by atoms with van der Waals surface area (Å²) >= 11 is 5.80. The number of benzene rings is 2. The molecule has 0 aliphatic carbocycles. The lowest BCUT2D eigenvalue weighted by Gasteiger charge is -2.16. The zero-order chi connectivity index (χ0) is 17.2. The van der Waals surface area contributed by atoms with Crippen LogP contribution in [-0.4, -0.2) is 37.6 Å². The van der Waals surface area contributed by atoms with Crippen molar-refractivity contribution < 1.29 is 9.53 Å². The van der Waals surface area contributed by atoms with E-state index in [1.165, 1.54) is 5.56 Å². The molecular weight excluding hydrogens is 324 g/mol. The van der Waals surface area contributed by atoms with Crippen LogP contribution in [0.25, 0.3) is 0 Å². The predicted octanol–water partition coefficient (Wildman–Crippen LogP) is 3.36. The fourth-order valence-electron chi connectivity index (χ4n) is 2.28. The van der Waals surface area contributed by atoms with E-state index in [0.717, 1.165) is 19.5 Å². The highest BCUT2D eigenvalue weighted by molar-refractivity contribution is 6.30. The van der Waals surface area contributed by atoms with Crippen LogP contribution in [0.2, 0.25) is 5.02 Å². The quantitative estimate of drug-likeness (QED) is 0.708. The maximum absolute atomic E-state index is 11.7. The number of nitrogens with one attached hydrogen (secondary N) is 1. The molecule has 0 saturated carbocycles. The Hall–Kier alpha value is -2.04. The number of ether oxygens (including phenoxy) is 1. The van der Waals surface area contributed by atoms with Crippen LogP contribution in [0.1, 0.15) is 12.0 Å². The number of hydrogen-bond donors (Lipinski definition) is 1. The summed E-state index contributed by atoms with van der Waals surface area (Å²) < 4.78 is 5.40. The van der Waals surface area contributed by atoms with Gasteiger partial charge in [0, 0.05) is 18.1 Å². The van der Waals surface area contributed by atoms with Crippen LogP contribution in [0.5, 0.6) is 5.75 Å². The summed E-state index contributed by atoms with van der Waals surface area (Å²) in [6.45, 7) is 2.49. The van der Waals surface area contributed by atoms with Crippen molar-refractivity contribution in [3.8, 4) is 5.75 Å². The Balaban J connectivity index is 1.56. The van der Waals surface area contributed by atoms with Crippen molar-refractivity contribution in [2.75, 3.05) is 26.7 Å². The molecule has 0 spiro atoms. The standard InChI is InChI=1S/C19H23ClN2O2/c1-22(14-16-6-3-2-4-7-16)13-5-12-21-19(23)15-24-18-10-8-17(20)9-11-18/h2-4,6-11H,5,12-15H2,1H3,(H,21,23). The predicted molar refractivity (Wildman–Crippen MR) is 97.3 cm³/mol. The van der Waals surface area contributed by atoms with Gasteiger partial charge in [0.25, 0.3) is 5.91 Å². The summed E-state index contributed by atoms with van der Waals surface area (Å²) in [6, 6.07) is 17.3. The highest BCUT2D eigenvalue weighted by atomic mass is 35.5. The number of carbonyl (C=O) groups excluding carboxylic acids is 1. The molecule has 4 nitrogen and oxygen atoms in total. The smallest absolute Gasteiger partial charge is 0.257 e. The molecule has 2 aromatic rings. The molecule has 0 saturated heterocycles. The zero-order valence-electron chi connectivity index (χ0n) is 13.9. The van der Waals surface area contributed by atoms with Gasteiger partial charge in [0.05, 0.1) is 0 Å². The summed E-state index contributed by atoms with van der Waals surface area (Å²) in [5.41, 5.74) is 1.29. The van der Waals surface area contributed by atoms with Crippen LogP contribution in [0.15, 0.2) is 54.6 Å². The maximum Gasteiger partial charge on any atom is 0.257 e. The van der Waals surface area contributed by atoms with E-state index in [-0.39, 0.29) is 12.5 Å². The largest absolute Gasteiger partial charge is 0.484 e. The Morgan fingerprint density at radius 2 is 1.83 bits per heavy atom. The van der Waals surface area contributed by atoms with Gasteiger partial charge in [-0.3, -0.25) is 4.79 Å². The number of rotatable bonds is 9. The molecule has 0 bridgehead atoms. The van der Waals surface area contributed by atoms with Gasteiger partial charge in [-0.25, -0.2) is 0 Å². The molecule has 0 aliphatic rings. The first-order chi connectivity index (χ1) is 11.6. The summed E-state index contributed by atoms with van der Waals surface area (Å²) in [5.74, 6) is 0.521. The Bertz CT molecular complexity index is 617. The molecule has 5 heteroatoms. The summed E-state index contributed by atoms with van der Waals surface area (Å²) in [6.07, 6.45) is 0.899. The van der Waals surface area contributed by atoms with E-state index in [1.54, 1.807) is 24.3 Å². The number of halogens is 1. The SMILES string of the molecule is CN(CCCNC(=O)COc1ccc(Cl)cc1)Cc1ccccc1. The minimum absolute atomic E-state index is 0.0154. The molecule has 0 fully saturated rings. The van der Waals surface area contributed by atoms with E-state index in [4.69, 9.17) is 16.3 Å². The van der Waals surface area contributed by atoms with Crippen molar-refractivity contribution in [3.63, 3.8) is 0 Å². The summed E-state index contributed by atoms with van der Waals surface area (Å²) in [7, 11) is 2.08. The molecule has 0 aliphatic heterocycles. The molecule has 0 heterocycles. The van der Waals surface area contributed by atoms with Crippen LogP contribution >= 0.6 is 11.6 Å². The van der Waals surface area contributed by atoms with Gasteiger partial charge in [0.1, 0.15) is 5.75 Å². The maximum atomic E-state index is 11.7. The van der Waals surface area contributed by atoms with Gasteiger partial charge in [-0.1, -0.05) is 41.9 Å². The molecule has 128 valence electrons. The van der Waals surface area contributed by atoms with Crippen molar-refractivity contribution in [1.82, 2.24) is 10.2 Å². The third-order valence-electron chi connectivity index (χ3n) is 3.52. The molecule has 24 heavy (non-hydrogen) atoms. The van der Waals surface area contributed by atoms with Gasteiger partial charge < -0.3 is 15.0 Å². The topological polar surface area (TPSA) is 41.6 Å². The minimum Gasteiger partial charge on any atom is -0.484 e. The monoisotopic (exact) mass is 346 g/mol. The first kappa shape index (κ1) is 18.3. The van der Waals surface area contributed by atoms with E-state index >= 15 is 0 Å². The molecule has 0 aromatic heterocycles. The second kappa shape index (κ2) is 9.96. The number of nitrogens with zero attached hydrogens (tertiary/aromatic N) is 1. The fourth-order valence-corrected chi connectivity index (χ4v) is 2.41. The zero-order valence-corrected chi connectivity index (χ0v) is 14.6. The Morgan fingerprint density at radius 1 is 1.12 bits per heavy atom. The van der Waals surface area contributed by atoms with Gasteiger partial charge >= 0.3 is 0 Å². The average molecular weight is 347 g/mol. The molecule has 0 unspecified atom stereocenters. The van der Waals surface area contributed by atoms with Gasteiger partial charge in [0.15, 0.2) is 6.61 Å². The molecule has 2 rings (SSSR count). The van der Waals surface area contributed by atoms with Crippen LogP contribution in [0.4, 0.5) is 0 Å². The Labute approximate surface area is 148 Å². The van der Waals surface area contributed by atoms with E-state index in [2.05, 4.69) is 29.4 Å². The first-order valence-corrected chi connectivity index (χ1v) is 8.39. The lowest BCUT2D eigenvalue weighted by Crippen LogP contribution is -2.31. The highest BCUT2D eigenvalue weighted by Crippen LogP contribution is 2.15. The van der Waals surface area contributed by atoms with Crippen molar-refractivity contribution >= 4 is 17.5 Å². The van der Waals surface area contributed by atoms with Gasteiger partial charge in [-0.15, -0.1) is 0 Å².